The van der Waals surface area contributed by atoms with Crippen LogP contribution in [0.4, 0.5) is 0 Å². The Morgan fingerprint density at radius 2 is 2.03 bits per heavy atom. The number of fused-ring (bicyclic) bond motifs is 1. The summed E-state index contributed by atoms with van der Waals surface area (Å²) in [6.45, 7) is 0. The summed E-state index contributed by atoms with van der Waals surface area (Å²) >= 11 is 0. The number of rotatable bonds is 5. The van der Waals surface area contributed by atoms with Crippen molar-refractivity contribution in [3.8, 4) is 17.6 Å². The Bertz CT molecular complexity index is 1460. The Labute approximate surface area is 194 Å². The van der Waals surface area contributed by atoms with E-state index in [9.17, 15) is 10.1 Å². The molecular formula is C24H20N8O2. The normalized spacial score (nSPS) is 14.9. The topological polar surface area (TPSA) is 151 Å². The number of primary amides is 1. The van der Waals surface area contributed by atoms with Gasteiger partial charge in [0.25, 0.3) is 5.91 Å². The molecule has 0 bridgehead atoms. The van der Waals surface area contributed by atoms with Gasteiger partial charge in [-0.2, -0.15) is 10.4 Å². The van der Waals surface area contributed by atoms with E-state index in [1.807, 2.05) is 36.4 Å². The summed E-state index contributed by atoms with van der Waals surface area (Å²) in [5, 5.41) is 14.6. The molecule has 0 spiro atoms. The summed E-state index contributed by atoms with van der Waals surface area (Å²) < 4.78 is 9.06. The van der Waals surface area contributed by atoms with Crippen molar-refractivity contribution in [1.82, 2.24) is 24.3 Å². The number of carbonyl (C=O) groups is 1. The molecule has 3 aromatic heterocycles. The first-order valence-electron chi connectivity index (χ1n) is 10.4. The largest absolute Gasteiger partial charge is 0.422 e. The van der Waals surface area contributed by atoms with Crippen LogP contribution in [0, 0.1) is 11.3 Å². The molecule has 34 heavy (non-hydrogen) atoms. The maximum atomic E-state index is 11.7. The van der Waals surface area contributed by atoms with Gasteiger partial charge >= 0.3 is 0 Å². The van der Waals surface area contributed by atoms with Crippen LogP contribution < -0.4 is 16.2 Å². The van der Waals surface area contributed by atoms with Crippen LogP contribution in [0.1, 0.15) is 38.9 Å². The maximum absolute atomic E-state index is 11.7. The zero-order valence-corrected chi connectivity index (χ0v) is 18.2. The third-order valence-corrected chi connectivity index (χ3v) is 5.74. The van der Waals surface area contributed by atoms with E-state index in [-0.39, 0.29) is 11.7 Å². The third-order valence-electron chi connectivity index (χ3n) is 5.74. The predicted molar refractivity (Wildman–Crippen MR) is 122 cm³/mol. The van der Waals surface area contributed by atoms with Gasteiger partial charge in [0, 0.05) is 43.9 Å². The van der Waals surface area contributed by atoms with Gasteiger partial charge in [0.2, 0.25) is 17.6 Å². The fraction of sp³-hybridized carbons (Fsp3) is 0.125. The highest BCUT2D eigenvalue weighted by molar-refractivity contribution is 5.89. The first-order valence-corrected chi connectivity index (χ1v) is 10.4. The highest BCUT2D eigenvalue weighted by Gasteiger charge is 2.36. The Kier molecular flexibility index (Phi) is 5.07. The lowest BCUT2D eigenvalue weighted by molar-refractivity contribution is 0.0989. The minimum Gasteiger partial charge on any atom is -0.422 e. The van der Waals surface area contributed by atoms with Crippen molar-refractivity contribution in [2.45, 2.75) is 12.3 Å². The molecule has 168 valence electrons. The van der Waals surface area contributed by atoms with E-state index >= 15 is 0 Å². The number of aromatic nitrogens is 5. The molecular weight excluding hydrogens is 432 g/mol. The summed E-state index contributed by atoms with van der Waals surface area (Å²) in [6.07, 6.45) is 7.19. The van der Waals surface area contributed by atoms with E-state index in [2.05, 4.69) is 21.1 Å². The predicted octanol–water partition coefficient (Wildman–Crippen LogP) is 1.91. The van der Waals surface area contributed by atoms with Gasteiger partial charge in [-0.05, 0) is 29.3 Å². The molecule has 4 aromatic rings. The van der Waals surface area contributed by atoms with Gasteiger partial charge in [0.15, 0.2) is 0 Å². The van der Waals surface area contributed by atoms with Crippen molar-refractivity contribution < 1.29 is 9.53 Å². The molecule has 1 unspecified atom stereocenters. The lowest BCUT2D eigenvalue weighted by Gasteiger charge is -2.25. The smallest absolute Gasteiger partial charge is 0.285 e. The fourth-order valence-electron chi connectivity index (χ4n) is 4.24. The van der Waals surface area contributed by atoms with E-state index in [1.54, 1.807) is 34.9 Å². The van der Waals surface area contributed by atoms with Gasteiger partial charge in [-0.15, -0.1) is 0 Å². The van der Waals surface area contributed by atoms with E-state index in [0.717, 1.165) is 22.4 Å². The van der Waals surface area contributed by atoms with E-state index < -0.39 is 11.8 Å². The second-order valence-corrected chi connectivity index (χ2v) is 7.83. The minimum absolute atomic E-state index is 0.0469. The quantitative estimate of drug-likeness (QED) is 0.469. The van der Waals surface area contributed by atoms with Gasteiger partial charge in [-0.1, -0.05) is 18.2 Å². The van der Waals surface area contributed by atoms with Crippen LogP contribution in [0.3, 0.4) is 0 Å². The molecule has 4 N–H and O–H groups in total. The number of aryl methyl sites for hydroxylation is 1. The molecule has 1 aliphatic heterocycles. The van der Waals surface area contributed by atoms with Crippen LogP contribution in [0.15, 0.2) is 72.6 Å². The summed E-state index contributed by atoms with van der Waals surface area (Å²) in [6, 6.07) is 13.5. The number of hydrogen-bond acceptors (Lipinski definition) is 7. The van der Waals surface area contributed by atoms with Crippen molar-refractivity contribution in [2.75, 3.05) is 0 Å². The van der Waals surface area contributed by atoms with Crippen molar-refractivity contribution >= 4 is 5.91 Å². The Morgan fingerprint density at radius 3 is 2.71 bits per heavy atom. The maximum Gasteiger partial charge on any atom is 0.285 e. The summed E-state index contributed by atoms with van der Waals surface area (Å²) in [4.78, 5) is 19.9. The summed E-state index contributed by atoms with van der Waals surface area (Å²) in [7, 11) is 1.78. The van der Waals surface area contributed by atoms with Gasteiger partial charge in [0.05, 0.1) is 17.2 Å². The third kappa shape index (κ3) is 3.45. The van der Waals surface area contributed by atoms with Gasteiger partial charge in [0.1, 0.15) is 11.6 Å². The number of imidazole rings is 1. The molecule has 1 atom stereocenters. The van der Waals surface area contributed by atoms with Crippen molar-refractivity contribution in [3.63, 3.8) is 0 Å². The number of carbonyl (C=O) groups excluding carboxylic acids is 1. The van der Waals surface area contributed by atoms with Crippen LogP contribution in [-0.4, -0.2) is 30.2 Å². The molecule has 0 fully saturated rings. The number of hydrogen-bond donors (Lipinski definition) is 2. The molecule has 0 saturated carbocycles. The molecule has 1 aliphatic rings. The van der Waals surface area contributed by atoms with Crippen molar-refractivity contribution in [3.05, 3.63) is 101 Å². The van der Waals surface area contributed by atoms with Gasteiger partial charge in [-0.25, -0.2) is 9.67 Å². The zero-order chi connectivity index (χ0) is 23.8. The summed E-state index contributed by atoms with van der Waals surface area (Å²) in [5.74, 6) is -0.419. The first kappa shape index (κ1) is 21.0. The molecule has 1 amide bonds. The second kappa shape index (κ2) is 8.22. The average molecular weight is 452 g/mol. The Hall–Kier alpha value is -4.91. The van der Waals surface area contributed by atoms with Crippen molar-refractivity contribution in [1.29, 1.82) is 5.26 Å². The second-order valence-electron chi connectivity index (χ2n) is 7.83. The lowest BCUT2D eigenvalue weighted by Crippen LogP contribution is -2.22. The number of allylic oxidation sites excluding steroid dienone is 1. The SMILES string of the molecule is Cn1nc(Cc2cccnc2)c2c1OC(N)=C(C#N)C2c1ccc(-n2ccnc2C(N)=O)cc1. The molecule has 4 heterocycles. The molecule has 0 radical (unpaired) electrons. The van der Waals surface area contributed by atoms with E-state index in [4.69, 9.17) is 16.2 Å². The number of ether oxygens (including phenoxy) is 1. The number of nitrogens with zero attached hydrogens (tertiary/aromatic N) is 6. The minimum atomic E-state index is -0.624. The van der Waals surface area contributed by atoms with Crippen LogP contribution in [0.25, 0.3) is 5.69 Å². The lowest BCUT2D eigenvalue weighted by atomic mass is 9.83. The number of benzene rings is 1. The van der Waals surface area contributed by atoms with Crippen LogP contribution in [-0.2, 0) is 13.5 Å². The van der Waals surface area contributed by atoms with Crippen LogP contribution in [0.5, 0.6) is 5.88 Å². The molecule has 5 rings (SSSR count). The first-order chi connectivity index (χ1) is 16.5. The Morgan fingerprint density at radius 1 is 1.24 bits per heavy atom. The number of nitrogens with two attached hydrogens (primary N) is 2. The molecule has 10 nitrogen and oxygen atoms in total. The van der Waals surface area contributed by atoms with Crippen molar-refractivity contribution in [2.24, 2.45) is 18.5 Å². The molecule has 1 aromatic carbocycles. The van der Waals surface area contributed by atoms with Crippen LogP contribution >= 0.6 is 0 Å². The fourth-order valence-corrected chi connectivity index (χ4v) is 4.24. The number of pyridine rings is 1. The summed E-state index contributed by atoms with van der Waals surface area (Å²) in [5.41, 5.74) is 15.9. The van der Waals surface area contributed by atoms with E-state index in [0.29, 0.717) is 23.6 Å². The zero-order valence-electron chi connectivity index (χ0n) is 18.2. The standard InChI is InChI=1S/C24H20N8O2/c1-31-24-20(18(30-31)11-14-3-2-8-28-13-14)19(17(12-25)22(27)34-24)15-4-6-16(7-5-15)32-10-9-29-23(32)21(26)33/h2-10,13,19H,11,27H2,1H3,(H2,26,33). The number of nitriles is 1. The average Bonchev–Trinajstić information content (AvgIpc) is 3.44. The van der Waals surface area contributed by atoms with Gasteiger partial charge in [-0.3, -0.25) is 14.3 Å². The highest BCUT2D eigenvalue weighted by Crippen LogP contribution is 2.44. The van der Waals surface area contributed by atoms with Crippen LogP contribution in [0.2, 0.25) is 0 Å². The Balaban J connectivity index is 1.61. The molecule has 0 aliphatic carbocycles. The molecule has 0 saturated heterocycles. The monoisotopic (exact) mass is 452 g/mol. The van der Waals surface area contributed by atoms with E-state index in [1.165, 1.54) is 6.20 Å². The highest BCUT2D eigenvalue weighted by atomic mass is 16.5. The van der Waals surface area contributed by atoms with Gasteiger partial charge < -0.3 is 16.2 Å². The molecule has 10 heteroatoms. The number of amides is 1.